The highest BCUT2D eigenvalue weighted by atomic mass is 16.5. The molecule has 0 aliphatic carbocycles. The second-order valence-electron chi connectivity index (χ2n) is 3.68. The monoisotopic (exact) mass is 186 g/mol. The fourth-order valence-electron chi connectivity index (χ4n) is 1.31. The van der Waals surface area contributed by atoms with Gasteiger partial charge in [-0.05, 0) is 6.92 Å². The average Bonchev–Trinajstić information content (AvgIpc) is 2.08. The first-order chi connectivity index (χ1) is 6.11. The zero-order valence-electron chi connectivity index (χ0n) is 8.62. The van der Waals surface area contributed by atoms with Crippen molar-refractivity contribution >= 4 is 5.91 Å². The zero-order chi connectivity index (χ0) is 9.84. The third-order valence-electron chi connectivity index (χ3n) is 2.34. The third-order valence-corrected chi connectivity index (χ3v) is 2.34. The summed E-state index contributed by atoms with van der Waals surface area (Å²) in [5.74, 6) is 0.161. The molecule has 0 aromatic heterocycles. The van der Waals surface area contributed by atoms with E-state index >= 15 is 0 Å². The second-order valence-corrected chi connectivity index (χ2v) is 3.68. The van der Waals surface area contributed by atoms with Crippen molar-refractivity contribution in [3.8, 4) is 0 Å². The fourth-order valence-corrected chi connectivity index (χ4v) is 1.31. The van der Waals surface area contributed by atoms with Crippen LogP contribution in [0.2, 0.25) is 0 Å². The first-order valence-electron chi connectivity index (χ1n) is 4.63. The highest BCUT2D eigenvalue weighted by Crippen LogP contribution is 2.05. The summed E-state index contributed by atoms with van der Waals surface area (Å²) in [5.41, 5.74) is 0. The maximum absolute atomic E-state index is 11.4. The minimum absolute atomic E-state index is 0.161. The third kappa shape index (κ3) is 2.97. The summed E-state index contributed by atoms with van der Waals surface area (Å²) in [4.78, 5) is 15.2. The SMILES string of the molecule is CC1COCCN1CC(=O)N(C)C. The van der Waals surface area contributed by atoms with Crippen LogP contribution in [0.4, 0.5) is 0 Å². The molecule has 1 rings (SSSR count). The van der Waals surface area contributed by atoms with Crippen LogP contribution in [-0.4, -0.2) is 62.1 Å². The van der Waals surface area contributed by atoms with Crippen LogP contribution >= 0.6 is 0 Å². The Morgan fingerprint density at radius 3 is 2.85 bits per heavy atom. The van der Waals surface area contributed by atoms with Crippen molar-refractivity contribution < 1.29 is 9.53 Å². The lowest BCUT2D eigenvalue weighted by Crippen LogP contribution is -2.48. The van der Waals surface area contributed by atoms with Gasteiger partial charge in [-0.3, -0.25) is 9.69 Å². The second kappa shape index (κ2) is 4.58. The Morgan fingerprint density at radius 1 is 1.62 bits per heavy atom. The molecular weight excluding hydrogens is 168 g/mol. The number of hydrogen-bond donors (Lipinski definition) is 0. The molecule has 4 nitrogen and oxygen atoms in total. The van der Waals surface area contributed by atoms with E-state index in [4.69, 9.17) is 4.74 Å². The molecule has 0 aromatic rings. The fraction of sp³-hybridized carbons (Fsp3) is 0.889. The van der Waals surface area contributed by atoms with E-state index in [9.17, 15) is 4.79 Å². The number of nitrogens with zero attached hydrogens (tertiary/aromatic N) is 2. The molecule has 1 aliphatic heterocycles. The van der Waals surface area contributed by atoms with Gasteiger partial charge in [0.2, 0.25) is 5.91 Å². The first-order valence-corrected chi connectivity index (χ1v) is 4.63. The molecule has 1 atom stereocenters. The minimum Gasteiger partial charge on any atom is -0.379 e. The van der Waals surface area contributed by atoms with E-state index in [0.29, 0.717) is 12.6 Å². The number of likely N-dealkylation sites (N-methyl/N-ethyl adjacent to an activating group) is 1. The van der Waals surface area contributed by atoms with Gasteiger partial charge in [-0.25, -0.2) is 0 Å². The molecule has 1 aliphatic rings. The predicted molar refractivity (Wildman–Crippen MR) is 50.5 cm³/mol. The summed E-state index contributed by atoms with van der Waals surface area (Å²) in [6.45, 7) is 4.94. The van der Waals surface area contributed by atoms with Crippen LogP contribution in [0, 0.1) is 0 Å². The Bertz CT molecular complexity index is 182. The van der Waals surface area contributed by atoms with Gasteiger partial charge in [0.1, 0.15) is 0 Å². The standard InChI is InChI=1S/C9H18N2O2/c1-8-7-13-5-4-11(8)6-9(12)10(2)3/h8H,4-7H2,1-3H3. The molecule has 0 saturated carbocycles. The molecule has 4 heteroatoms. The molecule has 0 spiro atoms. The van der Waals surface area contributed by atoms with Crippen LogP contribution in [-0.2, 0) is 9.53 Å². The van der Waals surface area contributed by atoms with Gasteiger partial charge in [0.25, 0.3) is 0 Å². The number of carbonyl (C=O) groups excluding carboxylic acids is 1. The van der Waals surface area contributed by atoms with Gasteiger partial charge in [0, 0.05) is 26.7 Å². The normalized spacial score (nSPS) is 24.4. The first kappa shape index (κ1) is 10.5. The van der Waals surface area contributed by atoms with Gasteiger partial charge >= 0.3 is 0 Å². The Kier molecular flexibility index (Phi) is 3.69. The van der Waals surface area contributed by atoms with Gasteiger partial charge in [0.15, 0.2) is 0 Å². The number of morpholine rings is 1. The Balaban J connectivity index is 2.38. The summed E-state index contributed by atoms with van der Waals surface area (Å²) in [5, 5.41) is 0. The van der Waals surface area contributed by atoms with Gasteiger partial charge in [0.05, 0.1) is 19.8 Å². The van der Waals surface area contributed by atoms with E-state index in [1.54, 1.807) is 19.0 Å². The molecule has 13 heavy (non-hydrogen) atoms. The molecule has 76 valence electrons. The molecule has 1 saturated heterocycles. The summed E-state index contributed by atoms with van der Waals surface area (Å²) >= 11 is 0. The van der Waals surface area contributed by atoms with Gasteiger partial charge in [-0.15, -0.1) is 0 Å². The van der Waals surface area contributed by atoms with E-state index in [-0.39, 0.29) is 5.91 Å². The van der Waals surface area contributed by atoms with Crippen LogP contribution < -0.4 is 0 Å². The molecular formula is C9H18N2O2. The van der Waals surface area contributed by atoms with E-state index in [1.165, 1.54) is 0 Å². The molecule has 1 unspecified atom stereocenters. The minimum atomic E-state index is 0.161. The van der Waals surface area contributed by atoms with Crippen molar-refractivity contribution in [1.82, 2.24) is 9.80 Å². The van der Waals surface area contributed by atoms with E-state index < -0.39 is 0 Å². The van der Waals surface area contributed by atoms with Gasteiger partial charge in [-0.1, -0.05) is 0 Å². The van der Waals surface area contributed by atoms with Crippen LogP contribution in [0.1, 0.15) is 6.92 Å². The Labute approximate surface area is 79.4 Å². The number of hydrogen-bond acceptors (Lipinski definition) is 3. The highest BCUT2D eigenvalue weighted by molar-refractivity contribution is 5.77. The maximum Gasteiger partial charge on any atom is 0.236 e. The van der Waals surface area contributed by atoms with Crippen molar-refractivity contribution in [3.05, 3.63) is 0 Å². The number of amides is 1. The topological polar surface area (TPSA) is 32.8 Å². The quantitative estimate of drug-likeness (QED) is 0.598. The number of rotatable bonds is 2. The summed E-state index contributed by atoms with van der Waals surface area (Å²) in [6, 6.07) is 0.359. The van der Waals surface area contributed by atoms with Crippen LogP contribution in [0.15, 0.2) is 0 Å². The average molecular weight is 186 g/mol. The molecule has 1 fully saturated rings. The van der Waals surface area contributed by atoms with Crippen LogP contribution in [0.5, 0.6) is 0 Å². The van der Waals surface area contributed by atoms with Crippen molar-refractivity contribution in [2.24, 2.45) is 0 Å². The molecule has 0 radical (unpaired) electrons. The Morgan fingerprint density at radius 2 is 2.31 bits per heavy atom. The van der Waals surface area contributed by atoms with Crippen LogP contribution in [0.3, 0.4) is 0 Å². The van der Waals surface area contributed by atoms with E-state index in [0.717, 1.165) is 19.8 Å². The smallest absolute Gasteiger partial charge is 0.236 e. The summed E-state index contributed by atoms with van der Waals surface area (Å²) < 4.78 is 5.29. The lowest BCUT2D eigenvalue weighted by Gasteiger charge is -2.33. The largest absolute Gasteiger partial charge is 0.379 e. The van der Waals surface area contributed by atoms with E-state index in [2.05, 4.69) is 11.8 Å². The maximum atomic E-state index is 11.4. The van der Waals surface area contributed by atoms with Gasteiger partial charge in [-0.2, -0.15) is 0 Å². The molecule has 0 aromatic carbocycles. The van der Waals surface area contributed by atoms with Crippen molar-refractivity contribution in [1.29, 1.82) is 0 Å². The lowest BCUT2D eigenvalue weighted by atomic mass is 10.2. The van der Waals surface area contributed by atoms with Gasteiger partial charge < -0.3 is 9.64 Å². The predicted octanol–water partition coefficient (Wildman–Crippen LogP) is -0.205. The highest BCUT2D eigenvalue weighted by Gasteiger charge is 2.21. The molecule has 0 bridgehead atoms. The summed E-state index contributed by atoms with van der Waals surface area (Å²) in [6.07, 6.45) is 0. The number of carbonyl (C=O) groups is 1. The number of ether oxygens (including phenoxy) is 1. The molecule has 0 N–H and O–H groups in total. The van der Waals surface area contributed by atoms with Crippen LogP contribution in [0.25, 0.3) is 0 Å². The zero-order valence-corrected chi connectivity index (χ0v) is 8.62. The van der Waals surface area contributed by atoms with Crippen molar-refractivity contribution in [2.75, 3.05) is 40.4 Å². The summed E-state index contributed by atoms with van der Waals surface area (Å²) in [7, 11) is 3.57. The van der Waals surface area contributed by atoms with Crippen molar-refractivity contribution in [2.45, 2.75) is 13.0 Å². The van der Waals surface area contributed by atoms with Crippen molar-refractivity contribution in [3.63, 3.8) is 0 Å². The molecule has 1 heterocycles. The lowest BCUT2D eigenvalue weighted by molar-refractivity contribution is -0.132. The van der Waals surface area contributed by atoms with E-state index in [1.807, 2.05) is 0 Å². The Hall–Kier alpha value is -0.610. The molecule has 1 amide bonds.